The molecule has 1 nitrogen and oxygen atoms in total. The van der Waals surface area contributed by atoms with Crippen molar-refractivity contribution in [2.45, 2.75) is 34.1 Å². The van der Waals surface area contributed by atoms with E-state index >= 15 is 0 Å². The van der Waals surface area contributed by atoms with E-state index in [0.717, 1.165) is 5.57 Å². The summed E-state index contributed by atoms with van der Waals surface area (Å²) in [5.41, 5.74) is 2.36. The Morgan fingerprint density at radius 1 is 1.43 bits per heavy atom. The lowest BCUT2D eigenvalue weighted by Gasteiger charge is -2.31. The summed E-state index contributed by atoms with van der Waals surface area (Å²) >= 11 is 0. The predicted octanol–water partition coefficient (Wildman–Crippen LogP) is 3.43. The van der Waals surface area contributed by atoms with Crippen LogP contribution < -0.4 is 0 Å². The first kappa shape index (κ1) is 11.0. The van der Waals surface area contributed by atoms with Crippen molar-refractivity contribution < 1.29 is 4.79 Å². The number of allylic oxidation sites excluding steroid dienone is 6. The number of hydrogen-bond donors (Lipinski definition) is 0. The van der Waals surface area contributed by atoms with Crippen LogP contribution in [0.3, 0.4) is 0 Å². The number of ketones is 1. The van der Waals surface area contributed by atoms with Crippen molar-refractivity contribution in [3.8, 4) is 0 Å². The molecule has 0 atom stereocenters. The number of carbonyl (C=O) groups is 1. The lowest BCUT2D eigenvalue weighted by molar-refractivity contribution is -0.116. The van der Waals surface area contributed by atoms with Crippen molar-refractivity contribution in [3.63, 3.8) is 0 Å². The molecule has 76 valence electrons. The van der Waals surface area contributed by atoms with Crippen molar-refractivity contribution >= 4 is 5.78 Å². The molecule has 0 bridgehead atoms. The zero-order chi connectivity index (χ0) is 10.8. The van der Waals surface area contributed by atoms with Crippen molar-refractivity contribution in [3.05, 3.63) is 35.5 Å². The summed E-state index contributed by atoms with van der Waals surface area (Å²) in [6.45, 7) is 8.25. The molecule has 0 aromatic carbocycles. The summed E-state index contributed by atoms with van der Waals surface area (Å²) in [4.78, 5) is 11.4. The Balaban J connectivity index is 3.13. The first-order valence-corrected chi connectivity index (χ1v) is 5.02. The van der Waals surface area contributed by atoms with Gasteiger partial charge in [0.1, 0.15) is 0 Å². The Hall–Kier alpha value is -1.11. The van der Waals surface area contributed by atoms with E-state index in [9.17, 15) is 4.79 Å². The highest BCUT2D eigenvalue weighted by Gasteiger charge is 2.30. The van der Waals surface area contributed by atoms with Crippen LogP contribution in [0.1, 0.15) is 34.1 Å². The molecule has 14 heavy (non-hydrogen) atoms. The highest BCUT2D eigenvalue weighted by atomic mass is 16.1. The van der Waals surface area contributed by atoms with Crippen molar-refractivity contribution in [2.24, 2.45) is 5.41 Å². The van der Waals surface area contributed by atoms with E-state index in [0.29, 0.717) is 6.42 Å². The Kier molecular flexibility index (Phi) is 3.10. The molecule has 0 N–H and O–H groups in total. The van der Waals surface area contributed by atoms with Gasteiger partial charge in [-0.15, -0.1) is 0 Å². The maximum atomic E-state index is 11.4. The highest BCUT2D eigenvalue weighted by Crippen LogP contribution is 2.38. The largest absolute Gasteiger partial charge is 0.295 e. The van der Waals surface area contributed by atoms with Crippen LogP contribution in [0.5, 0.6) is 0 Å². The molecule has 0 radical (unpaired) electrons. The fourth-order valence-electron chi connectivity index (χ4n) is 1.98. The Bertz CT molecular complexity index is 327. The predicted molar refractivity (Wildman–Crippen MR) is 60.1 cm³/mol. The highest BCUT2D eigenvalue weighted by molar-refractivity contribution is 5.93. The maximum absolute atomic E-state index is 11.4. The molecule has 0 aromatic rings. The summed E-state index contributed by atoms with van der Waals surface area (Å²) in [5, 5.41) is 0. The molecule has 1 aliphatic rings. The molecule has 1 rings (SSSR count). The molecule has 0 saturated carbocycles. The van der Waals surface area contributed by atoms with Gasteiger partial charge in [0.2, 0.25) is 0 Å². The lowest BCUT2D eigenvalue weighted by Crippen LogP contribution is -2.24. The van der Waals surface area contributed by atoms with Crippen LogP contribution >= 0.6 is 0 Å². The molecule has 1 heteroatoms. The zero-order valence-electron chi connectivity index (χ0n) is 9.42. The van der Waals surface area contributed by atoms with E-state index < -0.39 is 0 Å². The van der Waals surface area contributed by atoms with Crippen molar-refractivity contribution in [1.82, 2.24) is 0 Å². The minimum absolute atomic E-state index is 0.0184. The van der Waals surface area contributed by atoms with Crippen molar-refractivity contribution in [1.29, 1.82) is 0 Å². The van der Waals surface area contributed by atoms with E-state index in [1.54, 1.807) is 6.08 Å². The van der Waals surface area contributed by atoms with Gasteiger partial charge in [-0.1, -0.05) is 32.1 Å². The standard InChI is InChI=1S/C13H18O/c1-5-6-7-12-10(2)8-11(14)9-13(12,3)4/h5-8H,9H2,1-4H3/b6-5-,12-7-. The smallest absolute Gasteiger partial charge is 0.156 e. The van der Waals surface area contributed by atoms with Gasteiger partial charge in [0.25, 0.3) is 0 Å². The Labute approximate surface area is 86.2 Å². The van der Waals surface area contributed by atoms with Gasteiger partial charge >= 0.3 is 0 Å². The second-order valence-electron chi connectivity index (χ2n) is 4.46. The molecule has 0 aliphatic heterocycles. The summed E-state index contributed by atoms with van der Waals surface area (Å²) < 4.78 is 0. The van der Waals surface area contributed by atoms with Crippen LogP contribution in [0.2, 0.25) is 0 Å². The van der Waals surface area contributed by atoms with Crippen LogP contribution in [-0.4, -0.2) is 5.78 Å². The minimum atomic E-state index is -0.0184. The third kappa shape index (κ3) is 2.22. The Morgan fingerprint density at radius 2 is 2.07 bits per heavy atom. The third-order valence-electron chi connectivity index (χ3n) is 2.60. The van der Waals surface area contributed by atoms with Crippen LogP contribution in [-0.2, 0) is 4.79 Å². The van der Waals surface area contributed by atoms with Crippen molar-refractivity contribution in [2.75, 3.05) is 0 Å². The van der Waals surface area contributed by atoms with E-state index in [-0.39, 0.29) is 11.2 Å². The number of hydrogen-bond acceptors (Lipinski definition) is 1. The first-order valence-electron chi connectivity index (χ1n) is 5.02. The van der Waals surface area contributed by atoms with Gasteiger partial charge in [-0.2, -0.15) is 0 Å². The quantitative estimate of drug-likeness (QED) is 0.619. The molecule has 0 heterocycles. The molecule has 0 amide bonds. The van der Waals surface area contributed by atoms with E-state index in [2.05, 4.69) is 19.9 Å². The minimum Gasteiger partial charge on any atom is -0.295 e. The van der Waals surface area contributed by atoms with Gasteiger partial charge in [-0.25, -0.2) is 0 Å². The number of rotatable bonds is 1. The Morgan fingerprint density at radius 3 is 2.57 bits per heavy atom. The second-order valence-corrected chi connectivity index (χ2v) is 4.46. The van der Waals surface area contributed by atoms with E-state index in [4.69, 9.17) is 0 Å². The average Bonchev–Trinajstić information content (AvgIpc) is 2.00. The second kappa shape index (κ2) is 3.95. The van der Waals surface area contributed by atoms with E-state index in [1.165, 1.54) is 5.57 Å². The summed E-state index contributed by atoms with van der Waals surface area (Å²) in [7, 11) is 0. The van der Waals surface area contributed by atoms with Gasteiger partial charge in [0.15, 0.2) is 5.78 Å². The van der Waals surface area contributed by atoms with Gasteiger partial charge in [0, 0.05) is 6.42 Å². The average molecular weight is 190 g/mol. The molecular weight excluding hydrogens is 172 g/mol. The van der Waals surface area contributed by atoms with Crippen LogP contribution in [0, 0.1) is 5.41 Å². The van der Waals surface area contributed by atoms with Crippen LogP contribution in [0.15, 0.2) is 35.5 Å². The fraction of sp³-hybridized carbons (Fsp3) is 0.462. The van der Waals surface area contributed by atoms with Crippen LogP contribution in [0.4, 0.5) is 0 Å². The molecule has 0 aromatic heterocycles. The third-order valence-corrected chi connectivity index (χ3v) is 2.60. The summed E-state index contributed by atoms with van der Waals surface area (Å²) in [5.74, 6) is 0.241. The van der Waals surface area contributed by atoms with Gasteiger partial charge < -0.3 is 0 Å². The topological polar surface area (TPSA) is 17.1 Å². The van der Waals surface area contributed by atoms with Gasteiger partial charge in [-0.3, -0.25) is 4.79 Å². The van der Waals surface area contributed by atoms with Crippen LogP contribution in [0.25, 0.3) is 0 Å². The molecule has 0 spiro atoms. The normalized spacial score (nSPS) is 24.4. The van der Waals surface area contributed by atoms with E-state index in [1.807, 2.05) is 26.0 Å². The summed E-state index contributed by atoms with van der Waals surface area (Å²) in [6.07, 6.45) is 8.52. The first-order chi connectivity index (χ1) is 6.47. The fourth-order valence-corrected chi connectivity index (χ4v) is 1.98. The van der Waals surface area contributed by atoms with Gasteiger partial charge in [0.05, 0.1) is 0 Å². The summed E-state index contributed by atoms with van der Waals surface area (Å²) in [6, 6.07) is 0. The number of carbonyl (C=O) groups excluding carboxylic acids is 1. The monoisotopic (exact) mass is 190 g/mol. The zero-order valence-corrected chi connectivity index (χ0v) is 9.42. The molecule has 1 aliphatic carbocycles. The van der Waals surface area contributed by atoms with Gasteiger partial charge in [-0.05, 0) is 36.5 Å². The molecular formula is C13H18O. The maximum Gasteiger partial charge on any atom is 0.156 e. The lowest BCUT2D eigenvalue weighted by atomic mass is 9.72. The molecule has 0 saturated heterocycles. The SMILES string of the molecule is C/C=C\C=C1\C(C)=CC(=O)CC1(C)C. The molecule has 0 unspecified atom stereocenters. The molecule has 0 fully saturated rings.